The highest BCUT2D eigenvalue weighted by atomic mass is 127. The lowest BCUT2D eigenvalue weighted by Crippen LogP contribution is -2.43. The minimum absolute atomic E-state index is 0.0349. The molecule has 2 atom stereocenters. The number of aromatic nitrogens is 4. The molecule has 12 nitrogen and oxygen atoms in total. The maximum Gasteiger partial charge on any atom is 0.418 e. The zero-order valence-corrected chi connectivity index (χ0v) is 45.2. The van der Waals surface area contributed by atoms with Crippen molar-refractivity contribution in [3.05, 3.63) is 196 Å². The van der Waals surface area contributed by atoms with Crippen LogP contribution in [0.15, 0.2) is 136 Å². The lowest BCUT2D eigenvalue weighted by atomic mass is 9.91. The van der Waals surface area contributed by atoms with Gasteiger partial charge in [-0.15, -0.1) is 0 Å². The van der Waals surface area contributed by atoms with E-state index >= 15 is 0 Å². The Balaban J connectivity index is 0.000000241. The second-order valence-electron chi connectivity index (χ2n) is 18.4. The van der Waals surface area contributed by atoms with Gasteiger partial charge in [0.2, 0.25) is 0 Å². The minimum atomic E-state index is -4.98. The van der Waals surface area contributed by atoms with Crippen LogP contribution in [-0.2, 0) is 50.9 Å². The zero-order valence-electron chi connectivity index (χ0n) is 43.1. The van der Waals surface area contributed by atoms with E-state index < -0.39 is 123 Å². The Morgan fingerprint density at radius 2 is 1.12 bits per heavy atom. The fourth-order valence-electron chi connectivity index (χ4n) is 9.17. The Bertz CT molecular complexity index is 4170. The van der Waals surface area contributed by atoms with Gasteiger partial charge in [0.25, 0.3) is 22.6 Å². The fraction of sp³-hybridized carbons (Fsp3) is 0.214. The number of nitrogens with one attached hydrogen (secondary N) is 2. The van der Waals surface area contributed by atoms with Gasteiger partial charge in [-0.25, -0.2) is 13.6 Å². The van der Waals surface area contributed by atoms with Gasteiger partial charge in [-0.05, 0) is 71.0 Å². The molecule has 5 aromatic carbocycles. The van der Waals surface area contributed by atoms with E-state index in [2.05, 4.69) is 4.98 Å². The summed E-state index contributed by atoms with van der Waals surface area (Å²) in [4.78, 5) is 65.9. The molecule has 3 N–H and O–H groups in total. The number of fused-ring (bicyclic) bond motifs is 4. The highest BCUT2D eigenvalue weighted by molar-refractivity contribution is 14.1. The van der Waals surface area contributed by atoms with Gasteiger partial charge in [0.15, 0.2) is 0 Å². The number of pyridine rings is 4. The number of hydrogen-bond acceptors (Lipinski definition) is 7. The van der Waals surface area contributed by atoms with Crippen LogP contribution in [0.5, 0.6) is 0 Å². The molecule has 0 aliphatic carbocycles. The summed E-state index contributed by atoms with van der Waals surface area (Å²) in [7, 11) is 4.23. The monoisotopic (exact) mass is 1290 g/mol. The molecule has 9 rings (SSSR count). The third-order valence-corrected chi connectivity index (χ3v) is 14.1. The SMILES string of the molecule is CC[C@@H](Nc1cc(F)c(C(=O)N[C@@H](Cc2ccc(-c3c(C(F)(F)F)c4ccccc4n(C)c3=O)c3ncccc23)C(=O)O)c(F)c1)C(F)(F)F.Cn1c(=O)c(I)c(C(F)(F)F)c2ccccc21.Cn1c(=O)cc(C(F)(F)F)c2ccccc21. The standard InChI is InChI=1S/C34H26F8N4O4.C11H7F3INO.C11H8F3NO/c1-3-25(33(37,38)39)44-17-14-21(35)27(22(36)15-17)30(47)45-23(32(49)50)13-16-10-11-20(29-18(16)8-6-12-43-29)26-28(34(40,41)42)19-7-4-5-9-24(19)46(2)31(26)48;1-16-7-5-3-2-4-6(7)8(11(12,13)14)9(15)10(16)17;1-15-9-5-3-2-4-7(9)8(6-10(15)16)11(12,13)14/h4-12,14-15,23,25,44H,3,13H2,1-2H3,(H,45,47)(H,49,50);2-5H,1H3;2-6H,1H3/t23-,25+;;/m0../s1. The Hall–Kier alpha value is -8.37. The Morgan fingerprint density at radius 1 is 0.627 bits per heavy atom. The lowest BCUT2D eigenvalue weighted by Gasteiger charge is -2.22. The molecule has 436 valence electrons. The molecule has 0 spiro atoms. The van der Waals surface area contributed by atoms with Gasteiger partial charge in [0.05, 0.1) is 47.9 Å². The second kappa shape index (κ2) is 23.8. The number of alkyl halides is 12. The summed E-state index contributed by atoms with van der Waals surface area (Å²) in [6, 6.07) is 20.3. The molecule has 27 heteroatoms. The van der Waals surface area contributed by atoms with Crippen molar-refractivity contribution in [2.45, 2.75) is 56.6 Å². The normalized spacial score (nSPS) is 12.8. The minimum Gasteiger partial charge on any atom is -0.480 e. The molecule has 9 aromatic rings. The van der Waals surface area contributed by atoms with Gasteiger partial charge in [-0.3, -0.25) is 24.2 Å². The number of halogens is 15. The number of para-hydroxylation sites is 3. The maximum atomic E-state index is 14.9. The van der Waals surface area contributed by atoms with Gasteiger partial charge in [0.1, 0.15) is 29.3 Å². The summed E-state index contributed by atoms with van der Waals surface area (Å²) in [6.45, 7) is 1.20. The van der Waals surface area contributed by atoms with Crippen molar-refractivity contribution in [3.8, 4) is 11.1 Å². The van der Waals surface area contributed by atoms with Crippen molar-refractivity contribution in [2.75, 3.05) is 5.32 Å². The zero-order chi connectivity index (χ0) is 61.4. The van der Waals surface area contributed by atoms with Crippen LogP contribution in [0.25, 0.3) is 54.7 Å². The number of anilines is 1. The van der Waals surface area contributed by atoms with Gasteiger partial charge >= 0.3 is 30.7 Å². The predicted molar refractivity (Wildman–Crippen MR) is 289 cm³/mol. The van der Waals surface area contributed by atoms with Crippen molar-refractivity contribution >= 4 is 83.8 Å². The van der Waals surface area contributed by atoms with Gasteiger partial charge in [0, 0.05) is 72.6 Å². The predicted octanol–water partition coefficient (Wildman–Crippen LogP) is 12.9. The largest absolute Gasteiger partial charge is 0.480 e. The average molecular weight is 1290 g/mol. The Morgan fingerprint density at radius 3 is 1.63 bits per heavy atom. The number of carbonyl (C=O) groups is 2. The molecular formula is C56H41F14IN6O6. The van der Waals surface area contributed by atoms with Crippen molar-refractivity contribution in [1.82, 2.24) is 24.0 Å². The number of aliphatic carboxylic acids is 1. The number of carbonyl (C=O) groups excluding carboxylic acids is 1. The number of benzene rings is 5. The molecule has 0 unspecified atom stereocenters. The number of amides is 1. The molecule has 83 heavy (non-hydrogen) atoms. The summed E-state index contributed by atoms with van der Waals surface area (Å²) < 4.78 is 193. The highest BCUT2D eigenvalue weighted by Crippen LogP contribution is 2.42. The number of aryl methyl sites for hydroxylation is 3. The first-order valence-electron chi connectivity index (χ1n) is 24.1. The summed E-state index contributed by atoms with van der Waals surface area (Å²) in [6.07, 6.45) is -18.5. The van der Waals surface area contributed by atoms with E-state index in [0.29, 0.717) is 18.2 Å². The molecule has 0 saturated heterocycles. The van der Waals surface area contributed by atoms with Crippen LogP contribution in [0.3, 0.4) is 0 Å². The molecule has 0 aliphatic rings. The third kappa shape index (κ3) is 13.0. The molecule has 0 fully saturated rings. The summed E-state index contributed by atoms with van der Waals surface area (Å²) in [5.74, 6) is -6.32. The van der Waals surface area contributed by atoms with Gasteiger partial charge < -0.3 is 29.4 Å². The van der Waals surface area contributed by atoms with Crippen molar-refractivity contribution < 1.29 is 76.2 Å². The van der Waals surface area contributed by atoms with Gasteiger partial charge in [-0.2, -0.15) is 52.7 Å². The van der Waals surface area contributed by atoms with Crippen LogP contribution in [-0.4, -0.2) is 53.9 Å². The molecule has 0 radical (unpaired) electrons. The number of hydrogen-bond donors (Lipinski definition) is 3. The summed E-state index contributed by atoms with van der Waals surface area (Å²) >= 11 is 1.45. The van der Waals surface area contributed by atoms with Crippen LogP contribution < -0.4 is 27.3 Å². The lowest BCUT2D eigenvalue weighted by molar-refractivity contribution is -0.143. The second-order valence-corrected chi connectivity index (χ2v) is 19.4. The quantitative estimate of drug-likeness (QED) is 0.0952. The first-order chi connectivity index (χ1) is 38.7. The maximum absolute atomic E-state index is 14.9. The first-order valence-corrected chi connectivity index (χ1v) is 25.2. The van der Waals surface area contributed by atoms with Crippen LogP contribution in [0.4, 0.5) is 67.2 Å². The molecule has 0 saturated carbocycles. The van der Waals surface area contributed by atoms with E-state index in [9.17, 15) is 90.5 Å². The molecule has 0 bridgehead atoms. The number of rotatable bonds is 9. The van der Waals surface area contributed by atoms with Crippen molar-refractivity contribution in [1.29, 1.82) is 0 Å². The van der Waals surface area contributed by atoms with Crippen LogP contribution in [0.1, 0.15) is 46.0 Å². The Labute approximate surface area is 471 Å². The average Bonchev–Trinajstić information content (AvgIpc) is 1.65. The van der Waals surface area contributed by atoms with E-state index in [1.807, 2.05) is 10.6 Å². The van der Waals surface area contributed by atoms with E-state index in [1.54, 1.807) is 12.1 Å². The first kappa shape index (κ1) is 62.2. The smallest absolute Gasteiger partial charge is 0.418 e. The number of carboxylic acid groups (broad SMARTS) is 1. The van der Waals surface area contributed by atoms with Crippen molar-refractivity contribution in [3.63, 3.8) is 0 Å². The number of nitrogens with zero attached hydrogens (tertiary/aromatic N) is 4. The fourth-order valence-corrected chi connectivity index (χ4v) is 10.1. The Kier molecular flexibility index (Phi) is 17.9. The van der Waals surface area contributed by atoms with Gasteiger partial charge in [-0.1, -0.05) is 79.7 Å². The molecule has 0 aliphatic heterocycles. The van der Waals surface area contributed by atoms with Crippen LogP contribution in [0, 0.1) is 15.2 Å². The van der Waals surface area contributed by atoms with Crippen molar-refractivity contribution in [2.24, 2.45) is 21.1 Å². The molecule has 1 amide bonds. The van der Waals surface area contributed by atoms with Crippen LogP contribution in [0.2, 0.25) is 0 Å². The number of carboxylic acids is 1. The highest BCUT2D eigenvalue weighted by Gasteiger charge is 2.41. The van der Waals surface area contributed by atoms with E-state index in [4.69, 9.17) is 0 Å². The summed E-state index contributed by atoms with van der Waals surface area (Å²) in [5.41, 5.74) is -7.31. The topological polar surface area (TPSA) is 157 Å². The van der Waals surface area contributed by atoms with E-state index in [1.165, 1.54) is 151 Å². The third-order valence-electron chi connectivity index (χ3n) is 13.1. The van der Waals surface area contributed by atoms with E-state index in [0.717, 1.165) is 4.57 Å². The van der Waals surface area contributed by atoms with E-state index in [-0.39, 0.29) is 58.3 Å². The molecular weight excluding hydrogens is 1250 g/mol. The molecule has 4 heterocycles. The molecule has 4 aromatic heterocycles. The van der Waals surface area contributed by atoms with Crippen LogP contribution >= 0.6 is 22.6 Å². The summed E-state index contributed by atoms with van der Waals surface area (Å²) in [5, 5.41) is 13.8.